The molecule has 0 spiro atoms. The zero-order chi connectivity index (χ0) is 23.8. The van der Waals surface area contributed by atoms with Gasteiger partial charge < -0.3 is 0 Å². The summed E-state index contributed by atoms with van der Waals surface area (Å²) in [5.41, 5.74) is 11.0. The molecule has 1 N–H and O–H groups in total. The molecule has 174 valence electrons. The summed E-state index contributed by atoms with van der Waals surface area (Å²) >= 11 is 0. The van der Waals surface area contributed by atoms with E-state index in [1.54, 1.807) is 0 Å². The monoisotopic (exact) mass is 444 g/mol. The smallest absolute Gasteiger partial charge is 0.168 e. The highest BCUT2D eigenvalue weighted by Crippen LogP contribution is 2.32. The third kappa shape index (κ3) is 5.38. The Bertz CT molecular complexity index is 1130. The van der Waals surface area contributed by atoms with E-state index >= 15 is 0 Å². The van der Waals surface area contributed by atoms with E-state index < -0.39 is 0 Å². The van der Waals surface area contributed by atoms with Gasteiger partial charge in [0.1, 0.15) is 5.84 Å². The Kier molecular flexibility index (Phi) is 8.52. The maximum atomic E-state index is 4.94. The summed E-state index contributed by atoms with van der Waals surface area (Å²) in [6, 6.07) is 10.4. The van der Waals surface area contributed by atoms with Crippen LogP contribution in [0.5, 0.6) is 0 Å². The molecule has 0 saturated heterocycles. The second kappa shape index (κ2) is 11.5. The second-order valence-corrected chi connectivity index (χ2v) is 7.61. The highest BCUT2D eigenvalue weighted by atomic mass is 15.6. The molecule has 3 aromatic heterocycles. The number of pyridine rings is 3. The summed E-state index contributed by atoms with van der Waals surface area (Å²) < 4.78 is 0. The van der Waals surface area contributed by atoms with Crippen molar-refractivity contribution in [1.82, 2.24) is 25.4 Å². The molecule has 6 heteroatoms. The summed E-state index contributed by atoms with van der Waals surface area (Å²) in [4.78, 5) is 18.9. The second-order valence-electron chi connectivity index (χ2n) is 7.61. The Morgan fingerprint density at radius 3 is 2.61 bits per heavy atom. The number of fused-ring (bicyclic) bond motifs is 4. The zero-order valence-electron chi connectivity index (χ0n) is 20.8. The van der Waals surface area contributed by atoms with E-state index in [2.05, 4.69) is 46.6 Å². The highest BCUT2D eigenvalue weighted by Gasteiger charge is 2.29. The van der Waals surface area contributed by atoms with Crippen LogP contribution in [-0.2, 0) is 12.8 Å². The van der Waals surface area contributed by atoms with Gasteiger partial charge in [0, 0.05) is 35.8 Å². The first kappa shape index (κ1) is 24.4. The third-order valence-electron chi connectivity index (χ3n) is 5.40. The molecule has 2 aliphatic rings. The molecule has 0 saturated carbocycles. The Morgan fingerprint density at radius 2 is 1.82 bits per heavy atom. The van der Waals surface area contributed by atoms with Gasteiger partial charge in [-0.15, -0.1) is 0 Å². The first-order valence-corrected chi connectivity index (χ1v) is 12.2. The Labute approximate surface area is 197 Å². The van der Waals surface area contributed by atoms with E-state index in [1.165, 1.54) is 5.56 Å². The first-order chi connectivity index (χ1) is 16.2. The fraction of sp³-hybridized carbons (Fsp3) is 0.407. The summed E-state index contributed by atoms with van der Waals surface area (Å²) in [5, 5.41) is 2.04. The van der Waals surface area contributed by atoms with Crippen LogP contribution >= 0.6 is 0 Å². The molecule has 0 bridgehead atoms. The number of nitrogens with one attached hydrogen (secondary N) is 1. The van der Waals surface area contributed by atoms with Gasteiger partial charge in [-0.3, -0.25) is 25.4 Å². The lowest BCUT2D eigenvalue weighted by atomic mass is 10.1. The normalized spacial score (nSPS) is 15.4. The molecule has 0 aliphatic carbocycles. The predicted octanol–water partition coefficient (Wildman–Crippen LogP) is 6.17. The van der Waals surface area contributed by atoms with E-state index in [-0.39, 0.29) is 6.17 Å². The minimum Gasteiger partial charge on any atom is -0.284 e. The molecule has 5 rings (SSSR count). The lowest BCUT2D eigenvalue weighted by Gasteiger charge is -2.25. The van der Waals surface area contributed by atoms with Crippen LogP contribution in [0.1, 0.15) is 81.8 Å². The van der Waals surface area contributed by atoms with Crippen molar-refractivity contribution in [3.05, 3.63) is 70.9 Å². The number of aliphatic imine (C=N–C) groups is 1. The van der Waals surface area contributed by atoms with E-state index in [0.29, 0.717) is 0 Å². The number of hydrogen-bond acceptors (Lipinski definition) is 6. The zero-order valence-corrected chi connectivity index (χ0v) is 20.8. The van der Waals surface area contributed by atoms with Crippen molar-refractivity contribution in [1.29, 1.82) is 0 Å². The van der Waals surface area contributed by atoms with Gasteiger partial charge in [0.2, 0.25) is 0 Å². The molecule has 5 heterocycles. The molecular weight excluding hydrogens is 408 g/mol. The summed E-state index contributed by atoms with van der Waals surface area (Å²) in [6.45, 7) is 12.2. The lowest BCUT2D eigenvalue weighted by Crippen LogP contribution is -2.34. The van der Waals surface area contributed by atoms with Crippen molar-refractivity contribution in [2.24, 2.45) is 4.99 Å². The van der Waals surface area contributed by atoms with Gasteiger partial charge in [-0.1, -0.05) is 47.1 Å². The quantitative estimate of drug-likeness (QED) is 0.509. The van der Waals surface area contributed by atoms with Crippen LogP contribution in [0.2, 0.25) is 0 Å². The Balaban J connectivity index is 0.000000728. The minimum absolute atomic E-state index is 0.0356. The minimum atomic E-state index is -0.0356. The van der Waals surface area contributed by atoms with Gasteiger partial charge in [0.05, 0.1) is 16.7 Å². The van der Waals surface area contributed by atoms with Crippen molar-refractivity contribution in [3.8, 4) is 0 Å². The summed E-state index contributed by atoms with van der Waals surface area (Å²) in [5.74, 6) is 0.981. The van der Waals surface area contributed by atoms with Gasteiger partial charge in [-0.2, -0.15) is 0 Å². The molecule has 0 radical (unpaired) electrons. The van der Waals surface area contributed by atoms with Crippen LogP contribution in [-0.4, -0.2) is 25.8 Å². The summed E-state index contributed by atoms with van der Waals surface area (Å²) in [6.07, 6.45) is 9.60. The maximum absolute atomic E-state index is 4.94. The van der Waals surface area contributed by atoms with Crippen molar-refractivity contribution in [3.63, 3.8) is 0 Å². The molecule has 6 nitrogen and oxygen atoms in total. The van der Waals surface area contributed by atoms with Crippen LogP contribution in [0.4, 0.5) is 0 Å². The average Bonchev–Trinajstić information content (AvgIpc) is 3.29. The predicted molar refractivity (Wildman–Crippen MR) is 138 cm³/mol. The largest absolute Gasteiger partial charge is 0.284 e. The van der Waals surface area contributed by atoms with E-state index in [4.69, 9.17) is 9.98 Å². The number of aromatic nitrogens is 3. The van der Waals surface area contributed by atoms with E-state index in [0.717, 1.165) is 65.2 Å². The fourth-order valence-electron chi connectivity index (χ4n) is 4.05. The SMILES string of the molecule is CC.CC.CCCc1cc(C)nc2ccc(CCC3=NC4c5cccnc5C=CN4N3)nc12. The number of hydrogen-bond donors (Lipinski definition) is 1. The van der Waals surface area contributed by atoms with Crippen LogP contribution < -0.4 is 5.43 Å². The van der Waals surface area contributed by atoms with Crippen LogP contribution in [0, 0.1) is 6.92 Å². The lowest BCUT2D eigenvalue weighted by molar-refractivity contribution is 0.276. The Morgan fingerprint density at radius 1 is 1.00 bits per heavy atom. The summed E-state index contributed by atoms with van der Waals surface area (Å²) in [7, 11) is 0. The number of rotatable bonds is 5. The molecule has 0 fully saturated rings. The molecule has 2 aliphatic heterocycles. The third-order valence-corrected chi connectivity index (χ3v) is 5.40. The van der Waals surface area contributed by atoms with Gasteiger partial charge >= 0.3 is 0 Å². The van der Waals surface area contributed by atoms with Gasteiger partial charge in [0.15, 0.2) is 6.17 Å². The average molecular weight is 445 g/mol. The highest BCUT2D eigenvalue weighted by molar-refractivity contribution is 5.84. The number of hydrazine groups is 1. The fourth-order valence-corrected chi connectivity index (χ4v) is 4.05. The van der Waals surface area contributed by atoms with E-state index in [1.807, 2.05) is 64.2 Å². The standard InChI is InChI=1S/C23H24N6.2C2H6/c1-3-5-16-14-15(2)25-20-9-7-17(26-22(16)20)8-10-21-27-23-18-6-4-12-24-19(18)11-13-29(23)28-21;2*1-2/h4,6-7,9,11-14,23H,3,5,8,10H2,1-2H3,(H,27,28);2*1-2H3. The van der Waals surface area contributed by atoms with Crippen LogP contribution in [0.25, 0.3) is 17.1 Å². The van der Waals surface area contributed by atoms with Crippen LogP contribution in [0.15, 0.2) is 47.7 Å². The molecular formula is C27H36N6. The molecule has 33 heavy (non-hydrogen) atoms. The van der Waals surface area contributed by atoms with Crippen molar-refractivity contribution in [2.45, 2.75) is 73.4 Å². The topological polar surface area (TPSA) is 66.3 Å². The molecule has 0 aromatic carbocycles. The maximum Gasteiger partial charge on any atom is 0.168 e. The molecule has 1 unspecified atom stereocenters. The van der Waals surface area contributed by atoms with Crippen molar-refractivity contribution < 1.29 is 0 Å². The first-order valence-electron chi connectivity index (χ1n) is 12.2. The molecule has 0 amide bonds. The van der Waals surface area contributed by atoms with Crippen molar-refractivity contribution in [2.75, 3.05) is 0 Å². The van der Waals surface area contributed by atoms with Gasteiger partial charge in [-0.25, -0.2) is 4.99 Å². The van der Waals surface area contributed by atoms with Crippen LogP contribution in [0.3, 0.4) is 0 Å². The number of amidine groups is 1. The van der Waals surface area contributed by atoms with E-state index in [9.17, 15) is 0 Å². The number of aryl methyl sites for hydroxylation is 3. The molecule has 3 aromatic rings. The van der Waals surface area contributed by atoms with Crippen molar-refractivity contribution >= 4 is 22.9 Å². The van der Waals surface area contributed by atoms with Gasteiger partial charge in [-0.05, 0) is 55.7 Å². The Hall–Kier alpha value is -3.28. The molecule has 1 atom stereocenters. The van der Waals surface area contributed by atoms with Gasteiger partial charge in [0.25, 0.3) is 0 Å². The number of nitrogens with zero attached hydrogens (tertiary/aromatic N) is 5.